The van der Waals surface area contributed by atoms with Gasteiger partial charge in [-0.15, -0.1) is 34.9 Å². The molecule has 45 heavy (non-hydrogen) atoms. The molecule has 0 saturated carbocycles. The smallest absolute Gasteiger partial charge is 0.272 e. The van der Waals surface area contributed by atoms with Crippen molar-refractivity contribution in [3.05, 3.63) is 75.1 Å². The van der Waals surface area contributed by atoms with Crippen LogP contribution in [-0.4, -0.2) is 78.2 Å². The molecular formula is C26H24FN7O8S3. The first-order valence-corrected chi connectivity index (χ1v) is 15.9. The van der Waals surface area contributed by atoms with Crippen molar-refractivity contribution in [2.75, 3.05) is 23.9 Å². The molecule has 3 aromatic heterocycles. The number of thiazole rings is 1. The summed E-state index contributed by atoms with van der Waals surface area (Å²) in [6, 6.07) is 1.50. The number of amides is 3. The Bertz CT molecular complexity index is 1760. The first kappa shape index (κ1) is 31.8. The van der Waals surface area contributed by atoms with Gasteiger partial charge < -0.3 is 36.6 Å². The average Bonchev–Trinajstić information content (AvgIpc) is 3.44. The molecule has 0 aromatic carbocycles. The molecule has 5 heterocycles. The second kappa shape index (κ2) is 13.2. The Morgan fingerprint density at radius 1 is 1.29 bits per heavy atom. The lowest BCUT2D eigenvalue weighted by Crippen LogP contribution is -2.71. The summed E-state index contributed by atoms with van der Waals surface area (Å²) >= 11 is 3.54. The topological polar surface area (TPSA) is 224 Å². The second-order valence-corrected chi connectivity index (χ2v) is 12.7. The number of carbonyl (C=O) groups is 4. The van der Waals surface area contributed by atoms with E-state index in [1.807, 2.05) is 0 Å². The van der Waals surface area contributed by atoms with Crippen LogP contribution in [0.5, 0.6) is 5.75 Å². The number of halogens is 1. The number of thioether (sulfide) groups is 2. The number of rotatable bonds is 11. The van der Waals surface area contributed by atoms with Crippen LogP contribution in [0, 0.1) is 0 Å². The van der Waals surface area contributed by atoms with Gasteiger partial charge in [-0.3, -0.25) is 24.1 Å². The predicted molar refractivity (Wildman–Crippen MR) is 157 cm³/mol. The number of hydrogen-bond acceptors (Lipinski definition) is 13. The van der Waals surface area contributed by atoms with Crippen LogP contribution in [0.15, 0.2) is 63.1 Å². The lowest BCUT2D eigenvalue weighted by molar-refractivity contribution is -0.697. The number of pyridine rings is 2. The number of alkyl halides is 1. The standard InChI is InChI=1S/C26H24FN7O8S3/c27-3-6-32-4-1-13(2-5-32)43-9-12-10-44-24-19(23(39)34(24)20(12)25(40)41)31-22(38)18(14-11-45-26(28)29-14)30-21(37)15-7-16(35)17(36)8-33(15)42/h1-2,4-5,7-8,11,18-19,24,42H,3,6,9-10H2,(H5-,28,29,30,31,36,37,38,40,41)/t18?,19-,24-/m1/s1. The number of aromatic hydroxyl groups is 1. The third kappa shape index (κ3) is 6.59. The minimum Gasteiger partial charge on any atom is -0.543 e. The Morgan fingerprint density at radius 3 is 2.67 bits per heavy atom. The van der Waals surface area contributed by atoms with Crippen LogP contribution in [0.3, 0.4) is 0 Å². The fraction of sp³-hybridized carbons (Fsp3) is 0.269. The number of nitrogens with zero attached hydrogens (tertiary/aromatic N) is 4. The number of carbonyl (C=O) groups excluding carboxylic acids is 4. The highest BCUT2D eigenvalue weighted by Gasteiger charge is 2.53. The number of carboxylic acid groups (broad SMARTS) is 1. The first-order chi connectivity index (χ1) is 21.5. The summed E-state index contributed by atoms with van der Waals surface area (Å²) in [5, 5.41) is 37.2. The fourth-order valence-corrected chi connectivity index (χ4v) is 7.53. The molecule has 1 saturated heterocycles. The quantitative estimate of drug-likeness (QED) is 0.0695. The number of aryl methyl sites for hydroxylation is 1. The number of aromatic nitrogens is 3. The molecule has 0 bridgehead atoms. The zero-order valence-electron chi connectivity index (χ0n) is 22.9. The molecule has 15 nitrogen and oxygen atoms in total. The summed E-state index contributed by atoms with van der Waals surface area (Å²) < 4.78 is 14.4. The van der Waals surface area contributed by atoms with Gasteiger partial charge in [0.2, 0.25) is 11.3 Å². The van der Waals surface area contributed by atoms with E-state index < -0.39 is 64.7 Å². The first-order valence-electron chi connectivity index (χ1n) is 13.0. The molecule has 0 aliphatic carbocycles. The van der Waals surface area contributed by atoms with Crippen molar-refractivity contribution < 1.29 is 43.6 Å². The lowest BCUT2D eigenvalue weighted by Gasteiger charge is -2.51. The van der Waals surface area contributed by atoms with E-state index in [-0.39, 0.29) is 39.3 Å². The van der Waals surface area contributed by atoms with Crippen LogP contribution >= 0.6 is 34.9 Å². The van der Waals surface area contributed by atoms with E-state index in [2.05, 4.69) is 15.6 Å². The summed E-state index contributed by atoms with van der Waals surface area (Å²) in [6.07, 6.45) is 4.02. The Balaban J connectivity index is 1.31. The maximum absolute atomic E-state index is 13.4. The minimum absolute atomic E-state index is 0.000324. The number of β-lactam (4-membered cyclic amide) rings is 1. The molecular weight excluding hydrogens is 654 g/mol. The van der Waals surface area contributed by atoms with Gasteiger partial charge in [-0.2, -0.15) is 4.73 Å². The van der Waals surface area contributed by atoms with Crippen molar-refractivity contribution in [1.82, 2.24) is 25.2 Å². The molecule has 0 radical (unpaired) electrons. The average molecular weight is 678 g/mol. The minimum atomic E-state index is -1.55. The van der Waals surface area contributed by atoms with Gasteiger partial charge in [-0.1, -0.05) is 0 Å². The molecule has 1 fully saturated rings. The number of carboxylic acids is 1. The van der Waals surface area contributed by atoms with Crippen molar-refractivity contribution in [1.29, 1.82) is 0 Å². The molecule has 6 N–H and O–H groups in total. The van der Waals surface area contributed by atoms with Gasteiger partial charge in [-0.25, -0.2) is 13.9 Å². The van der Waals surface area contributed by atoms with Crippen molar-refractivity contribution in [2.24, 2.45) is 0 Å². The van der Waals surface area contributed by atoms with Crippen LogP contribution in [0.4, 0.5) is 9.52 Å². The Labute approximate surface area is 265 Å². The molecule has 1 unspecified atom stereocenters. The monoisotopic (exact) mass is 677 g/mol. The zero-order valence-corrected chi connectivity index (χ0v) is 25.4. The Kier molecular flexibility index (Phi) is 9.30. The van der Waals surface area contributed by atoms with Crippen molar-refractivity contribution in [3.8, 4) is 5.75 Å². The summed E-state index contributed by atoms with van der Waals surface area (Å²) in [7, 11) is 0. The van der Waals surface area contributed by atoms with Crippen LogP contribution < -0.4 is 31.5 Å². The normalized spacial score (nSPS) is 18.2. The number of nitrogen functional groups attached to an aromatic ring is 1. The van der Waals surface area contributed by atoms with E-state index in [0.29, 0.717) is 17.8 Å². The van der Waals surface area contributed by atoms with Gasteiger partial charge in [0.05, 0.1) is 23.6 Å². The Hall–Kier alpha value is -4.62. The molecule has 0 spiro atoms. The van der Waals surface area contributed by atoms with E-state index in [1.165, 1.54) is 28.9 Å². The van der Waals surface area contributed by atoms with E-state index in [9.17, 15) is 43.8 Å². The number of nitrogens with two attached hydrogens (primary N) is 1. The highest BCUT2D eigenvalue weighted by atomic mass is 32.2. The third-order valence-corrected chi connectivity index (χ3v) is 9.90. The highest BCUT2D eigenvalue weighted by molar-refractivity contribution is 8.01. The van der Waals surface area contributed by atoms with Gasteiger partial charge in [0.1, 0.15) is 23.8 Å². The van der Waals surface area contributed by atoms with E-state index in [1.54, 1.807) is 29.1 Å². The summed E-state index contributed by atoms with van der Waals surface area (Å²) in [5.74, 6) is -4.59. The molecule has 2 aliphatic rings. The highest BCUT2D eigenvalue weighted by Crippen LogP contribution is 2.41. The van der Waals surface area contributed by atoms with Gasteiger partial charge >= 0.3 is 0 Å². The third-order valence-electron chi connectivity index (χ3n) is 6.77. The molecule has 3 amide bonds. The van der Waals surface area contributed by atoms with Crippen LogP contribution in [0.2, 0.25) is 0 Å². The molecule has 5 rings (SSSR count). The summed E-state index contributed by atoms with van der Waals surface area (Å²) in [4.78, 5) is 69.4. The van der Waals surface area contributed by atoms with Crippen LogP contribution in [0.1, 0.15) is 22.2 Å². The fourth-order valence-electron chi connectivity index (χ4n) is 4.57. The van der Waals surface area contributed by atoms with Gasteiger partial charge in [0.25, 0.3) is 11.8 Å². The molecule has 236 valence electrons. The maximum Gasteiger partial charge on any atom is 0.272 e. The second-order valence-electron chi connectivity index (χ2n) is 9.65. The molecule has 3 atom stereocenters. The van der Waals surface area contributed by atoms with E-state index in [0.717, 1.165) is 21.1 Å². The van der Waals surface area contributed by atoms with Crippen molar-refractivity contribution in [2.45, 2.75) is 28.9 Å². The number of nitrogens with one attached hydrogen (secondary N) is 2. The number of fused-ring (bicyclic) bond motifs is 1. The summed E-state index contributed by atoms with van der Waals surface area (Å²) in [6.45, 7) is -0.295. The van der Waals surface area contributed by atoms with Crippen LogP contribution in [-0.2, 0) is 20.9 Å². The van der Waals surface area contributed by atoms with Gasteiger partial charge in [-0.05, 0) is 5.57 Å². The maximum atomic E-state index is 13.4. The largest absolute Gasteiger partial charge is 0.543 e. The SMILES string of the molecule is Nc1nc(C(NC(=O)c2cc(=O)c(O)cn2O)C(=O)N[C@@H]2C(=O)N3C(C(=O)[O-])=C(CSc4cc[n+](CCF)cc4)CS[C@H]23)cs1. The molecule has 2 aliphatic heterocycles. The van der Waals surface area contributed by atoms with Crippen molar-refractivity contribution in [3.63, 3.8) is 0 Å². The summed E-state index contributed by atoms with van der Waals surface area (Å²) in [5.41, 5.74) is 4.32. The van der Waals surface area contributed by atoms with E-state index >= 15 is 0 Å². The number of anilines is 1. The zero-order chi connectivity index (χ0) is 32.4. The van der Waals surface area contributed by atoms with Gasteiger partial charge in [0, 0.05) is 40.0 Å². The van der Waals surface area contributed by atoms with Crippen molar-refractivity contribution >= 4 is 63.7 Å². The molecule has 19 heteroatoms. The van der Waals surface area contributed by atoms with Gasteiger partial charge in [0.15, 0.2) is 35.9 Å². The lowest BCUT2D eigenvalue weighted by atomic mass is 10.0. The predicted octanol–water partition coefficient (Wildman–Crippen LogP) is -1.25. The molecule has 3 aromatic rings. The van der Waals surface area contributed by atoms with Crippen LogP contribution in [0.25, 0.3) is 0 Å². The van der Waals surface area contributed by atoms with E-state index in [4.69, 9.17) is 5.73 Å². The number of aliphatic carboxylic acids is 1. The number of hydrogen-bond donors (Lipinski definition) is 5. The Morgan fingerprint density at radius 2 is 2.02 bits per heavy atom.